The van der Waals surface area contributed by atoms with Gasteiger partial charge in [0.1, 0.15) is 11.1 Å². The minimum atomic E-state index is 0.800. The van der Waals surface area contributed by atoms with E-state index in [1.807, 2.05) is 24.3 Å². The fourth-order valence-electron chi connectivity index (χ4n) is 5.04. The Labute approximate surface area is 221 Å². The van der Waals surface area contributed by atoms with E-state index in [0.29, 0.717) is 0 Å². The number of furan rings is 1. The van der Waals surface area contributed by atoms with Crippen LogP contribution in [0.4, 0.5) is 17.1 Å². The van der Waals surface area contributed by atoms with Crippen LogP contribution < -0.4 is 4.90 Å². The second-order valence-electron chi connectivity index (χ2n) is 9.29. The Kier molecular flexibility index (Phi) is 5.45. The number of benzene rings is 5. The van der Waals surface area contributed by atoms with Crippen molar-refractivity contribution in [3.8, 4) is 22.3 Å². The van der Waals surface area contributed by atoms with Gasteiger partial charge in [0.25, 0.3) is 0 Å². The van der Waals surface area contributed by atoms with Crippen LogP contribution in [-0.4, -0.2) is 4.98 Å². The third kappa shape index (κ3) is 4.00. The zero-order chi connectivity index (χ0) is 25.3. The molecule has 7 rings (SSSR count). The number of anilines is 3. The van der Waals surface area contributed by atoms with Gasteiger partial charge in [0.05, 0.1) is 0 Å². The number of rotatable bonds is 5. The van der Waals surface area contributed by atoms with E-state index in [9.17, 15) is 0 Å². The fourth-order valence-corrected chi connectivity index (χ4v) is 5.04. The number of fused-ring (bicyclic) bond motifs is 3. The van der Waals surface area contributed by atoms with Crippen molar-refractivity contribution in [2.75, 3.05) is 4.90 Å². The monoisotopic (exact) mass is 488 g/mol. The van der Waals surface area contributed by atoms with Crippen molar-refractivity contribution in [2.24, 2.45) is 0 Å². The molecular weight excluding hydrogens is 464 g/mol. The highest BCUT2D eigenvalue weighted by molar-refractivity contribution is 6.03. The molecule has 0 fully saturated rings. The van der Waals surface area contributed by atoms with E-state index >= 15 is 0 Å². The predicted octanol–water partition coefficient (Wildman–Crippen LogP) is 9.78. The molecule has 5 aromatic carbocycles. The van der Waals surface area contributed by atoms with Crippen molar-refractivity contribution >= 4 is 39.1 Å². The molecule has 0 bridgehead atoms. The van der Waals surface area contributed by atoms with Gasteiger partial charge in [0.2, 0.25) is 0 Å². The maximum atomic E-state index is 6.14. The summed E-state index contributed by atoms with van der Waals surface area (Å²) in [5.74, 6) is 0. The number of hydrogen-bond acceptors (Lipinski definition) is 3. The summed E-state index contributed by atoms with van der Waals surface area (Å²) in [7, 11) is 0. The van der Waals surface area contributed by atoms with Crippen LogP contribution in [0.1, 0.15) is 0 Å². The van der Waals surface area contributed by atoms with E-state index in [4.69, 9.17) is 4.42 Å². The van der Waals surface area contributed by atoms with E-state index < -0.39 is 0 Å². The number of nitrogens with zero attached hydrogens (tertiary/aromatic N) is 2. The first-order chi connectivity index (χ1) is 18.8. The minimum absolute atomic E-state index is 0.800. The van der Waals surface area contributed by atoms with Gasteiger partial charge in [0.15, 0.2) is 5.58 Å². The molecule has 0 saturated carbocycles. The Hall–Kier alpha value is -5.15. The molecule has 0 unspecified atom stereocenters. The minimum Gasteiger partial charge on any atom is -0.454 e. The second kappa shape index (κ2) is 9.38. The SMILES string of the molecule is c1ccc(-c2ccc(-c3ccc(N(c4ccccc4)c4ccc5c(c4)oc4cccnc45)cc3)cc2)cc1. The molecular formula is C35H24N2O. The molecule has 7 aromatic rings. The highest BCUT2D eigenvalue weighted by atomic mass is 16.3. The van der Waals surface area contributed by atoms with Crippen LogP contribution in [0.15, 0.2) is 150 Å². The molecule has 2 heterocycles. The number of aromatic nitrogens is 1. The van der Waals surface area contributed by atoms with E-state index in [2.05, 4.69) is 125 Å². The zero-order valence-electron chi connectivity index (χ0n) is 20.7. The molecule has 0 radical (unpaired) electrons. The molecule has 0 amide bonds. The van der Waals surface area contributed by atoms with Gasteiger partial charge in [0, 0.05) is 34.7 Å². The Morgan fingerprint density at radius 3 is 1.68 bits per heavy atom. The van der Waals surface area contributed by atoms with Gasteiger partial charge < -0.3 is 9.32 Å². The van der Waals surface area contributed by atoms with Crippen molar-refractivity contribution in [3.63, 3.8) is 0 Å². The lowest BCUT2D eigenvalue weighted by atomic mass is 10.00. The molecule has 0 aliphatic carbocycles. The van der Waals surface area contributed by atoms with Gasteiger partial charge in [-0.2, -0.15) is 0 Å². The average Bonchev–Trinajstić information content (AvgIpc) is 3.37. The van der Waals surface area contributed by atoms with Gasteiger partial charge >= 0.3 is 0 Å². The third-order valence-corrected chi connectivity index (χ3v) is 6.93. The predicted molar refractivity (Wildman–Crippen MR) is 157 cm³/mol. The second-order valence-corrected chi connectivity index (χ2v) is 9.29. The molecule has 38 heavy (non-hydrogen) atoms. The number of pyridine rings is 1. The first-order valence-electron chi connectivity index (χ1n) is 12.7. The van der Waals surface area contributed by atoms with E-state index in [1.54, 1.807) is 6.20 Å². The normalized spacial score (nSPS) is 11.2. The molecule has 0 atom stereocenters. The summed E-state index contributed by atoms with van der Waals surface area (Å²) >= 11 is 0. The lowest BCUT2D eigenvalue weighted by Crippen LogP contribution is -2.09. The van der Waals surface area contributed by atoms with Crippen LogP contribution in [0.2, 0.25) is 0 Å². The topological polar surface area (TPSA) is 29.3 Å². The molecule has 3 heteroatoms. The third-order valence-electron chi connectivity index (χ3n) is 6.93. The molecule has 0 spiro atoms. The Bertz CT molecular complexity index is 1840. The Morgan fingerprint density at radius 1 is 0.447 bits per heavy atom. The average molecular weight is 489 g/mol. The summed E-state index contributed by atoms with van der Waals surface area (Å²) in [5.41, 5.74) is 10.5. The summed E-state index contributed by atoms with van der Waals surface area (Å²) in [4.78, 5) is 6.77. The maximum Gasteiger partial charge on any atom is 0.153 e. The van der Waals surface area contributed by atoms with Crippen molar-refractivity contribution < 1.29 is 4.42 Å². The van der Waals surface area contributed by atoms with E-state index in [1.165, 1.54) is 22.3 Å². The largest absolute Gasteiger partial charge is 0.454 e. The van der Waals surface area contributed by atoms with Crippen LogP contribution in [-0.2, 0) is 0 Å². The van der Waals surface area contributed by atoms with Gasteiger partial charge in [-0.15, -0.1) is 0 Å². The first-order valence-corrected chi connectivity index (χ1v) is 12.7. The van der Waals surface area contributed by atoms with Crippen molar-refractivity contribution in [1.82, 2.24) is 4.98 Å². The lowest BCUT2D eigenvalue weighted by molar-refractivity contribution is 0.668. The van der Waals surface area contributed by atoms with Crippen molar-refractivity contribution in [1.29, 1.82) is 0 Å². The Morgan fingerprint density at radius 2 is 1.00 bits per heavy atom. The highest BCUT2D eigenvalue weighted by Crippen LogP contribution is 2.38. The van der Waals surface area contributed by atoms with Gasteiger partial charge in [-0.05, 0) is 70.8 Å². The van der Waals surface area contributed by atoms with Crippen LogP contribution in [0, 0.1) is 0 Å². The van der Waals surface area contributed by atoms with Crippen LogP contribution in [0.25, 0.3) is 44.3 Å². The van der Waals surface area contributed by atoms with Crippen molar-refractivity contribution in [3.05, 3.63) is 146 Å². The summed E-state index contributed by atoms with van der Waals surface area (Å²) < 4.78 is 6.14. The molecule has 0 N–H and O–H groups in total. The quantitative estimate of drug-likeness (QED) is 0.241. The smallest absolute Gasteiger partial charge is 0.153 e. The van der Waals surface area contributed by atoms with Gasteiger partial charge in [-0.3, -0.25) is 4.98 Å². The van der Waals surface area contributed by atoms with E-state index in [-0.39, 0.29) is 0 Å². The summed E-state index contributed by atoms with van der Waals surface area (Å²) in [6.07, 6.45) is 1.80. The number of hydrogen-bond donors (Lipinski definition) is 0. The standard InChI is InChI=1S/C35H24N2O/c1-3-8-25(9-4-1)26-13-15-27(16-14-26)28-17-19-30(20-18-28)37(29-10-5-2-6-11-29)31-21-22-32-34(24-31)38-33-12-7-23-36-35(32)33/h1-24H. The first kappa shape index (κ1) is 22.1. The molecule has 0 aliphatic heterocycles. The summed E-state index contributed by atoms with van der Waals surface area (Å²) in [6, 6.07) is 48.6. The van der Waals surface area contributed by atoms with Crippen LogP contribution in [0.3, 0.4) is 0 Å². The summed E-state index contributed by atoms with van der Waals surface area (Å²) in [5, 5.41) is 1.02. The van der Waals surface area contributed by atoms with Crippen LogP contribution in [0.5, 0.6) is 0 Å². The fraction of sp³-hybridized carbons (Fsp3) is 0. The van der Waals surface area contributed by atoms with Crippen molar-refractivity contribution in [2.45, 2.75) is 0 Å². The molecule has 3 nitrogen and oxygen atoms in total. The molecule has 180 valence electrons. The van der Waals surface area contributed by atoms with Gasteiger partial charge in [-0.1, -0.05) is 84.9 Å². The zero-order valence-corrected chi connectivity index (χ0v) is 20.7. The van der Waals surface area contributed by atoms with Crippen LogP contribution >= 0.6 is 0 Å². The maximum absolute atomic E-state index is 6.14. The van der Waals surface area contributed by atoms with E-state index in [0.717, 1.165) is 39.1 Å². The highest BCUT2D eigenvalue weighted by Gasteiger charge is 2.15. The molecule has 0 aliphatic rings. The number of para-hydroxylation sites is 1. The Balaban J connectivity index is 1.26. The lowest BCUT2D eigenvalue weighted by Gasteiger charge is -2.25. The van der Waals surface area contributed by atoms with Gasteiger partial charge in [-0.25, -0.2) is 0 Å². The summed E-state index contributed by atoms with van der Waals surface area (Å²) in [6.45, 7) is 0. The molecule has 0 saturated heterocycles. The molecule has 2 aromatic heterocycles.